The van der Waals surface area contributed by atoms with Crippen molar-refractivity contribution in [3.63, 3.8) is 0 Å². The predicted octanol–water partition coefficient (Wildman–Crippen LogP) is 4.48. The fourth-order valence-electron chi connectivity index (χ4n) is 1.12. The van der Waals surface area contributed by atoms with Gasteiger partial charge in [-0.15, -0.1) is 0 Å². The van der Waals surface area contributed by atoms with Crippen molar-refractivity contribution in [2.24, 2.45) is 0 Å². The summed E-state index contributed by atoms with van der Waals surface area (Å²) in [7, 11) is 0. The lowest BCUT2D eigenvalue weighted by Crippen LogP contribution is -2.06. The fraction of sp³-hybridized carbons (Fsp3) is 0.400. The van der Waals surface area contributed by atoms with Crippen molar-refractivity contribution in [1.29, 1.82) is 0 Å². The molecule has 1 rings (SSSR count). The van der Waals surface area contributed by atoms with Crippen LogP contribution in [0.25, 0.3) is 0 Å². The maximum Gasteiger partial charge on any atom is 0.127 e. The lowest BCUT2D eigenvalue weighted by atomic mass is 9.98. The molecule has 0 aliphatic rings. The van der Waals surface area contributed by atoms with Crippen molar-refractivity contribution >= 4 is 31.9 Å². The molecule has 0 amide bonds. The van der Waals surface area contributed by atoms with E-state index in [2.05, 4.69) is 31.9 Å². The van der Waals surface area contributed by atoms with Gasteiger partial charge in [-0.3, -0.25) is 0 Å². The molecule has 0 saturated heterocycles. The van der Waals surface area contributed by atoms with E-state index in [0.717, 1.165) is 10.0 Å². The molecular weight excluding hydrogens is 299 g/mol. The van der Waals surface area contributed by atoms with E-state index in [9.17, 15) is 4.39 Å². The SMILES string of the molecule is CC(Br)C(C)c1ccc(Br)cc1F. The van der Waals surface area contributed by atoms with Gasteiger partial charge in [-0.1, -0.05) is 51.8 Å². The predicted molar refractivity (Wildman–Crippen MR) is 60.9 cm³/mol. The molecule has 72 valence electrons. The molecule has 0 heterocycles. The highest BCUT2D eigenvalue weighted by Crippen LogP contribution is 2.27. The Hall–Kier alpha value is 0.110. The first-order valence-electron chi connectivity index (χ1n) is 4.11. The Kier molecular flexibility index (Phi) is 3.92. The first kappa shape index (κ1) is 11.2. The van der Waals surface area contributed by atoms with E-state index in [1.165, 1.54) is 6.07 Å². The zero-order chi connectivity index (χ0) is 10.0. The minimum absolute atomic E-state index is 0.145. The van der Waals surface area contributed by atoms with Crippen LogP contribution in [0.15, 0.2) is 22.7 Å². The van der Waals surface area contributed by atoms with E-state index in [4.69, 9.17) is 0 Å². The second-order valence-electron chi connectivity index (χ2n) is 3.13. The summed E-state index contributed by atoms with van der Waals surface area (Å²) in [4.78, 5) is 0.281. The van der Waals surface area contributed by atoms with E-state index < -0.39 is 0 Å². The Labute approximate surface area is 94.8 Å². The average Bonchev–Trinajstić information content (AvgIpc) is 2.03. The van der Waals surface area contributed by atoms with Gasteiger partial charge in [0.25, 0.3) is 0 Å². The molecule has 0 spiro atoms. The second kappa shape index (κ2) is 4.56. The number of hydrogen-bond acceptors (Lipinski definition) is 0. The van der Waals surface area contributed by atoms with Gasteiger partial charge in [0, 0.05) is 9.30 Å². The van der Waals surface area contributed by atoms with Gasteiger partial charge in [0.2, 0.25) is 0 Å². The summed E-state index contributed by atoms with van der Waals surface area (Å²) < 4.78 is 14.2. The van der Waals surface area contributed by atoms with E-state index >= 15 is 0 Å². The first-order chi connectivity index (χ1) is 6.02. The molecule has 0 N–H and O–H groups in total. The van der Waals surface area contributed by atoms with Crippen molar-refractivity contribution in [1.82, 2.24) is 0 Å². The van der Waals surface area contributed by atoms with Crippen molar-refractivity contribution in [2.45, 2.75) is 24.6 Å². The molecule has 0 aromatic heterocycles. The summed E-state index contributed by atoms with van der Waals surface area (Å²) in [5.74, 6) is 0.0428. The molecule has 1 aromatic carbocycles. The van der Waals surface area contributed by atoms with Gasteiger partial charge < -0.3 is 0 Å². The summed E-state index contributed by atoms with van der Waals surface area (Å²) in [6.45, 7) is 4.03. The summed E-state index contributed by atoms with van der Waals surface area (Å²) in [5, 5.41) is 0. The quantitative estimate of drug-likeness (QED) is 0.707. The first-order valence-corrected chi connectivity index (χ1v) is 5.82. The van der Waals surface area contributed by atoms with Crippen LogP contribution in [0.2, 0.25) is 0 Å². The fourth-order valence-corrected chi connectivity index (χ4v) is 1.74. The third kappa shape index (κ3) is 2.78. The lowest BCUT2D eigenvalue weighted by molar-refractivity contribution is 0.587. The van der Waals surface area contributed by atoms with Crippen LogP contribution in [0, 0.1) is 5.82 Å². The maximum atomic E-state index is 13.4. The van der Waals surface area contributed by atoms with Crippen LogP contribution in [0.4, 0.5) is 4.39 Å². The summed E-state index contributed by atoms with van der Waals surface area (Å²) in [6, 6.07) is 5.19. The molecule has 3 heteroatoms. The molecule has 0 bridgehead atoms. The van der Waals surface area contributed by atoms with Crippen molar-refractivity contribution in [3.05, 3.63) is 34.1 Å². The normalized spacial score (nSPS) is 15.5. The zero-order valence-corrected chi connectivity index (χ0v) is 10.7. The standard InChI is InChI=1S/C10H11Br2F/c1-6(7(2)11)9-4-3-8(12)5-10(9)13/h3-7H,1-2H3. The molecule has 0 aliphatic carbocycles. The van der Waals surface area contributed by atoms with Crippen molar-refractivity contribution in [2.75, 3.05) is 0 Å². The molecule has 0 nitrogen and oxygen atoms in total. The van der Waals surface area contributed by atoms with Crippen LogP contribution in [0.5, 0.6) is 0 Å². The van der Waals surface area contributed by atoms with Gasteiger partial charge in [0.15, 0.2) is 0 Å². The van der Waals surface area contributed by atoms with Crippen LogP contribution < -0.4 is 0 Å². The van der Waals surface area contributed by atoms with E-state index in [0.29, 0.717) is 0 Å². The van der Waals surface area contributed by atoms with E-state index in [1.54, 1.807) is 0 Å². The monoisotopic (exact) mass is 308 g/mol. The molecule has 0 radical (unpaired) electrons. The summed E-state index contributed by atoms with van der Waals surface area (Å²) >= 11 is 6.68. The number of halogens is 3. The second-order valence-corrected chi connectivity index (χ2v) is 5.49. The van der Waals surface area contributed by atoms with Gasteiger partial charge in [-0.05, 0) is 23.6 Å². The van der Waals surface area contributed by atoms with Gasteiger partial charge in [-0.25, -0.2) is 4.39 Å². The molecule has 1 aromatic rings. The molecule has 2 unspecified atom stereocenters. The highest BCUT2D eigenvalue weighted by atomic mass is 79.9. The van der Waals surface area contributed by atoms with Gasteiger partial charge in [0.05, 0.1) is 0 Å². The Morgan fingerprint density at radius 3 is 2.38 bits per heavy atom. The molecule has 2 atom stereocenters. The minimum Gasteiger partial charge on any atom is -0.207 e. The van der Waals surface area contributed by atoms with Crippen LogP contribution in [0.3, 0.4) is 0 Å². The van der Waals surface area contributed by atoms with E-state index in [-0.39, 0.29) is 16.6 Å². The highest BCUT2D eigenvalue weighted by molar-refractivity contribution is 9.10. The third-order valence-corrected chi connectivity index (χ3v) is 3.43. The lowest BCUT2D eigenvalue weighted by Gasteiger charge is -2.15. The molecule has 0 aliphatic heterocycles. The molecule has 13 heavy (non-hydrogen) atoms. The van der Waals surface area contributed by atoms with Crippen LogP contribution in [-0.2, 0) is 0 Å². The molecular formula is C10H11Br2F. The van der Waals surface area contributed by atoms with Crippen LogP contribution in [0.1, 0.15) is 25.3 Å². The topological polar surface area (TPSA) is 0 Å². The summed E-state index contributed by atoms with van der Waals surface area (Å²) in [6.07, 6.45) is 0. The Morgan fingerprint density at radius 1 is 1.31 bits per heavy atom. The van der Waals surface area contributed by atoms with Crippen molar-refractivity contribution < 1.29 is 4.39 Å². The van der Waals surface area contributed by atoms with E-state index in [1.807, 2.05) is 26.0 Å². The Bertz CT molecular complexity index is 297. The summed E-state index contributed by atoms with van der Waals surface area (Å²) in [5.41, 5.74) is 0.757. The van der Waals surface area contributed by atoms with Crippen LogP contribution in [-0.4, -0.2) is 4.83 Å². The third-order valence-electron chi connectivity index (χ3n) is 2.14. The zero-order valence-electron chi connectivity index (χ0n) is 7.52. The van der Waals surface area contributed by atoms with Crippen LogP contribution >= 0.6 is 31.9 Å². The largest absolute Gasteiger partial charge is 0.207 e. The Balaban J connectivity index is 3.01. The molecule has 0 saturated carbocycles. The number of benzene rings is 1. The minimum atomic E-state index is -0.145. The van der Waals surface area contributed by atoms with Gasteiger partial charge in [0.1, 0.15) is 5.82 Å². The van der Waals surface area contributed by atoms with Gasteiger partial charge in [-0.2, -0.15) is 0 Å². The molecule has 0 fully saturated rings. The highest BCUT2D eigenvalue weighted by Gasteiger charge is 2.15. The number of hydrogen-bond donors (Lipinski definition) is 0. The average molecular weight is 310 g/mol. The van der Waals surface area contributed by atoms with Crippen molar-refractivity contribution in [3.8, 4) is 0 Å². The smallest absolute Gasteiger partial charge is 0.127 e. The van der Waals surface area contributed by atoms with Gasteiger partial charge >= 0.3 is 0 Å². The Morgan fingerprint density at radius 2 is 1.92 bits per heavy atom. The maximum absolute atomic E-state index is 13.4. The number of rotatable bonds is 2. The number of alkyl halides is 1.